The van der Waals surface area contributed by atoms with E-state index in [2.05, 4.69) is 61.9 Å². The topological polar surface area (TPSA) is 41.6 Å². The number of aliphatic imine (C=N–C) groups is 1. The van der Waals surface area contributed by atoms with Crippen LogP contribution >= 0.6 is 0 Å². The number of nitrogens with two attached hydrogens (primary N) is 1. The Kier molecular flexibility index (Phi) is 4.36. The summed E-state index contributed by atoms with van der Waals surface area (Å²) in [5.41, 5.74) is 8.67. The number of rotatable bonds is 5. The van der Waals surface area contributed by atoms with Gasteiger partial charge in [-0.05, 0) is 36.8 Å². The summed E-state index contributed by atoms with van der Waals surface area (Å²) in [7, 11) is 0. The maximum Gasteiger partial charge on any atom is 0.192 e. The van der Waals surface area contributed by atoms with Crippen molar-refractivity contribution in [3.05, 3.63) is 35.4 Å². The first kappa shape index (κ1) is 14.9. The summed E-state index contributed by atoms with van der Waals surface area (Å²) in [6, 6.07) is 8.99. The summed E-state index contributed by atoms with van der Waals surface area (Å²) in [4.78, 5) is 6.70. The Bertz CT molecular complexity index is 476. The van der Waals surface area contributed by atoms with Crippen LogP contribution in [0.4, 0.5) is 0 Å². The molecule has 1 aromatic rings. The molecular formula is C17H27N3. The normalized spacial score (nSPS) is 22.4. The van der Waals surface area contributed by atoms with E-state index in [0.717, 1.165) is 25.9 Å². The van der Waals surface area contributed by atoms with Crippen LogP contribution in [0.3, 0.4) is 0 Å². The molecule has 1 aliphatic rings. The van der Waals surface area contributed by atoms with Gasteiger partial charge in [0.25, 0.3) is 0 Å². The zero-order chi connectivity index (χ0) is 14.8. The molecule has 3 nitrogen and oxygen atoms in total. The standard InChI is InChI=1S/C17H27N3/c1-5-10-20-16(18)19-12-17(20,4)15-8-6-14(7-9-15)11-13(2)3/h6-9,13H,5,10-12H2,1-4H3,(H2,18,19). The summed E-state index contributed by atoms with van der Waals surface area (Å²) in [5, 5.41) is 0. The van der Waals surface area contributed by atoms with Crippen LogP contribution in [0, 0.1) is 5.92 Å². The fraction of sp³-hybridized carbons (Fsp3) is 0.588. The summed E-state index contributed by atoms with van der Waals surface area (Å²) in [5.74, 6) is 1.37. The molecule has 1 aromatic carbocycles. The molecule has 0 spiro atoms. The SMILES string of the molecule is CCCN1C(N)=NCC1(C)c1ccc(CC(C)C)cc1. The second kappa shape index (κ2) is 5.86. The number of guanidine groups is 1. The molecule has 1 unspecified atom stereocenters. The second-order valence-corrected chi connectivity index (χ2v) is 6.39. The average Bonchev–Trinajstić information content (AvgIpc) is 2.69. The molecule has 1 aliphatic heterocycles. The smallest absolute Gasteiger partial charge is 0.192 e. The lowest BCUT2D eigenvalue weighted by atomic mass is 9.89. The molecule has 0 aliphatic carbocycles. The third-order valence-corrected chi connectivity index (χ3v) is 4.09. The highest BCUT2D eigenvalue weighted by atomic mass is 15.3. The maximum atomic E-state index is 6.05. The molecule has 0 radical (unpaired) electrons. The van der Waals surface area contributed by atoms with Crippen LogP contribution in [0.1, 0.15) is 45.2 Å². The van der Waals surface area contributed by atoms with Crippen LogP contribution in [0.15, 0.2) is 29.3 Å². The predicted octanol–water partition coefficient (Wildman–Crippen LogP) is 3.14. The van der Waals surface area contributed by atoms with Gasteiger partial charge < -0.3 is 10.6 Å². The molecular weight excluding hydrogens is 246 g/mol. The minimum atomic E-state index is -0.0869. The van der Waals surface area contributed by atoms with Crippen LogP contribution in [0.2, 0.25) is 0 Å². The molecule has 1 heterocycles. The van der Waals surface area contributed by atoms with E-state index in [-0.39, 0.29) is 5.54 Å². The average molecular weight is 273 g/mol. The van der Waals surface area contributed by atoms with Gasteiger partial charge in [0, 0.05) is 6.54 Å². The molecule has 0 fully saturated rings. The first-order valence-corrected chi connectivity index (χ1v) is 7.64. The van der Waals surface area contributed by atoms with Gasteiger partial charge >= 0.3 is 0 Å². The lowest BCUT2D eigenvalue weighted by Gasteiger charge is -2.36. The molecule has 1 atom stereocenters. The molecule has 0 saturated carbocycles. The molecule has 2 rings (SSSR count). The minimum absolute atomic E-state index is 0.0869. The van der Waals surface area contributed by atoms with Gasteiger partial charge in [0.1, 0.15) is 0 Å². The van der Waals surface area contributed by atoms with Crippen molar-refractivity contribution >= 4 is 5.96 Å². The quantitative estimate of drug-likeness (QED) is 0.895. The summed E-state index contributed by atoms with van der Waals surface area (Å²) in [6.45, 7) is 10.6. The Labute approximate surface area is 122 Å². The Balaban J connectivity index is 2.21. The monoisotopic (exact) mass is 273 g/mol. The van der Waals surface area contributed by atoms with E-state index in [9.17, 15) is 0 Å². The molecule has 0 saturated heterocycles. The molecule has 20 heavy (non-hydrogen) atoms. The molecule has 2 N–H and O–H groups in total. The highest BCUT2D eigenvalue weighted by Gasteiger charge is 2.38. The second-order valence-electron chi connectivity index (χ2n) is 6.39. The van der Waals surface area contributed by atoms with Crippen LogP contribution in [0.5, 0.6) is 0 Å². The van der Waals surface area contributed by atoms with Crippen molar-refractivity contribution in [2.45, 2.75) is 46.1 Å². The minimum Gasteiger partial charge on any atom is -0.370 e. The van der Waals surface area contributed by atoms with Crippen molar-refractivity contribution in [2.75, 3.05) is 13.1 Å². The highest BCUT2D eigenvalue weighted by Crippen LogP contribution is 2.33. The third-order valence-electron chi connectivity index (χ3n) is 4.09. The highest BCUT2D eigenvalue weighted by molar-refractivity contribution is 5.81. The number of benzene rings is 1. The third kappa shape index (κ3) is 2.82. The Morgan fingerprint density at radius 1 is 1.30 bits per heavy atom. The van der Waals surface area contributed by atoms with E-state index in [1.807, 2.05) is 0 Å². The van der Waals surface area contributed by atoms with Gasteiger partial charge in [-0.15, -0.1) is 0 Å². The van der Waals surface area contributed by atoms with Gasteiger partial charge in [0.2, 0.25) is 0 Å². The van der Waals surface area contributed by atoms with E-state index in [4.69, 9.17) is 5.73 Å². The van der Waals surface area contributed by atoms with Gasteiger partial charge in [-0.25, -0.2) is 0 Å². The zero-order valence-electron chi connectivity index (χ0n) is 13.2. The zero-order valence-corrected chi connectivity index (χ0v) is 13.2. The van der Waals surface area contributed by atoms with Crippen molar-refractivity contribution in [1.82, 2.24) is 4.90 Å². The van der Waals surface area contributed by atoms with Crippen molar-refractivity contribution in [3.63, 3.8) is 0 Å². The Hall–Kier alpha value is -1.51. The first-order chi connectivity index (χ1) is 9.47. The molecule has 0 amide bonds. The lowest BCUT2D eigenvalue weighted by molar-refractivity contribution is 0.225. The van der Waals surface area contributed by atoms with Crippen LogP contribution in [-0.2, 0) is 12.0 Å². The summed E-state index contributed by atoms with van der Waals surface area (Å²) in [6.07, 6.45) is 2.21. The number of nitrogens with zero attached hydrogens (tertiary/aromatic N) is 2. The van der Waals surface area contributed by atoms with E-state index >= 15 is 0 Å². The van der Waals surface area contributed by atoms with Crippen LogP contribution in [-0.4, -0.2) is 23.9 Å². The van der Waals surface area contributed by atoms with Crippen molar-refractivity contribution in [3.8, 4) is 0 Å². The van der Waals surface area contributed by atoms with Crippen LogP contribution in [0.25, 0.3) is 0 Å². The Morgan fingerprint density at radius 3 is 2.50 bits per heavy atom. The summed E-state index contributed by atoms with van der Waals surface area (Å²) >= 11 is 0. The van der Waals surface area contributed by atoms with Crippen molar-refractivity contribution in [1.29, 1.82) is 0 Å². The largest absolute Gasteiger partial charge is 0.370 e. The number of hydrogen-bond acceptors (Lipinski definition) is 3. The van der Waals surface area contributed by atoms with E-state index in [0.29, 0.717) is 11.9 Å². The summed E-state index contributed by atoms with van der Waals surface area (Å²) < 4.78 is 0. The molecule has 0 bridgehead atoms. The van der Waals surface area contributed by atoms with Gasteiger partial charge in [-0.3, -0.25) is 4.99 Å². The van der Waals surface area contributed by atoms with Crippen LogP contribution < -0.4 is 5.73 Å². The van der Waals surface area contributed by atoms with Gasteiger partial charge in [0.05, 0.1) is 12.1 Å². The fourth-order valence-corrected chi connectivity index (χ4v) is 2.96. The lowest BCUT2D eigenvalue weighted by Crippen LogP contribution is -2.47. The molecule has 3 heteroatoms. The van der Waals surface area contributed by atoms with E-state index < -0.39 is 0 Å². The van der Waals surface area contributed by atoms with Gasteiger partial charge in [0.15, 0.2) is 5.96 Å². The van der Waals surface area contributed by atoms with Gasteiger partial charge in [-0.2, -0.15) is 0 Å². The molecule has 0 aromatic heterocycles. The Morgan fingerprint density at radius 2 is 1.95 bits per heavy atom. The van der Waals surface area contributed by atoms with E-state index in [1.54, 1.807) is 0 Å². The number of hydrogen-bond donors (Lipinski definition) is 1. The predicted molar refractivity (Wildman–Crippen MR) is 85.8 cm³/mol. The van der Waals surface area contributed by atoms with Crippen molar-refractivity contribution < 1.29 is 0 Å². The van der Waals surface area contributed by atoms with E-state index in [1.165, 1.54) is 11.1 Å². The van der Waals surface area contributed by atoms with Gasteiger partial charge in [-0.1, -0.05) is 45.0 Å². The first-order valence-electron chi connectivity index (χ1n) is 7.64. The van der Waals surface area contributed by atoms with Crippen molar-refractivity contribution in [2.24, 2.45) is 16.6 Å². The maximum absolute atomic E-state index is 6.05. The fourth-order valence-electron chi connectivity index (χ4n) is 2.96. The molecule has 110 valence electrons.